The minimum absolute atomic E-state index is 0.00698. The lowest BCUT2D eigenvalue weighted by atomic mass is 9.98. The third-order valence-corrected chi connectivity index (χ3v) is 6.29. The topological polar surface area (TPSA) is 60.1 Å². The fourth-order valence-corrected chi connectivity index (χ4v) is 4.51. The van der Waals surface area contributed by atoms with Crippen LogP contribution in [0.25, 0.3) is 33.6 Å². The highest BCUT2D eigenvalue weighted by Gasteiger charge is 2.20. The Kier molecular flexibility index (Phi) is 5.54. The first-order chi connectivity index (χ1) is 16.4. The molecule has 0 radical (unpaired) electrons. The molecule has 2 heterocycles. The van der Waals surface area contributed by atoms with Crippen LogP contribution in [0.4, 0.5) is 5.69 Å². The zero-order valence-corrected chi connectivity index (χ0v) is 19.8. The van der Waals surface area contributed by atoms with E-state index in [-0.39, 0.29) is 11.5 Å². The largest absolute Gasteiger partial charge is 0.455 e. The van der Waals surface area contributed by atoms with E-state index in [1.54, 1.807) is 6.33 Å². The predicted molar refractivity (Wildman–Crippen MR) is 138 cm³/mol. The van der Waals surface area contributed by atoms with E-state index >= 15 is 0 Å². The molecule has 34 heavy (non-hydrogen) atoms. The first kappa shape index (κ1) is 21.7. The Morgan fingerprint density at radius 2 is 1.74 bits per heavy atom. The van der Waals surface area contributed by atoms with E-state index in [9.17, 15) is 4.79 Å². The van der Waals surface area contributed by atoms with E-state index in [2.05, 4.69) is 35.4 Å². The average Bonchev–Trinajstić information content (AvgIpc) is 3.27. The summed E-state index contributed by atoms with van der Waals surface area (Å²) < 4.78 is 8.47. The molecule has 0 bridgehead atoms. The van der Waals surface area contributed by atoms with Crippen molar-refractivity contribution in [2.45, 2.75) is 26.8 Å². The molecule has 2 aromatic heterocycles. The number of para-hydroxylation sites is 1. The second-order valence-electron chi connectivity index (χ2n) is 8.78. The molecule has 0 aliphatic rings. The summed E-state index contributed by atoms with van der Waals surface area (Å²) in [6.45, 7) is 5.94. The number of nitrogens with zero attached hydrogens (tertiary/aromatic N) is 2. The van der Waals surface area contributed by atoms with Gasteiger partial charge in [0.1, 0.15) is 11.3 Å². The van der Waals surface area contributed by atoms with Gasteiger partial charge in [-0.25, -0.2) is 4.98 Å². The van der Waals surface area contributed by atoms with Crippen molar-refractivity contribution in [2.24, 2.45) is 7.05 Å². The van der Waals surface area contributed by atoms with Crippen molar-refractivity contribution in [1.29, 1.82) is 0 Å². The monoisotopic (exact) mass is 449 g/mol. The van der Waals surface area contributed by atoms with Gasteiger partial charge >= 0.3 is 0 Å². The summed E-state index contributed by atoms with van der Waals surface area (Å²) in [5.74, 6) is 0.616. The van der Waals surface area contributed by atoms with E-state index < -0.39 is 0 Å². The highest BCUT2D eigenvalue weighted by molar-refractivity contribution is 5.85. The van der Waals surface area contributed by atoms with Crippen LogP contribution in [-0.2, 0) is 7.05 Å². The highest BCUT2D eigenvalue weighted by atomic mass is 16.3. The third-order valence-electron chi connectivity index (χ3n) is 6.29. The van der Waals surface area contributed by atoms with Crippen LogP contribution in [0.15, 0.2) is 88.5 Å². The fraction of sp³-hybridized carbons (Fsp3) is 0.172. The fourth-order valence-electron chi connectivity index (χ4n) is 4.51. The molecular formula is C29H27N3O2. The van der Waals surface area contributed by atoms with Crippen LogP contribution in [0.2, 0.25) is 0 Å². The minimum atomic E-state index is -0.105. The lowest BCUT2D eigenvalue weighted by Gasteiger charge is -2.21. The maximum atomic E-state index is 13.4. The summed E-state index contributed by atoms with van der Waals surface area (Å²) in [5, 5.41) is 4.26. The van der Waals surface area contributed by atoms with Crippen molar-refractivity contribution in [2.75, 3.05) is 5.32 Å². The molecule has 0 aliphatic heterocycles. The van der Waals surface area contributed by atoms with Gasteiger partial charge in [0, 0.05) is 35.0 Å². The molecule has 0 aliphatic carbocycles. The van der Waals surface area contributed by atoms with Gasteiger partial charge in [0.15, 0.2) is 5.43 Å². The molecule has 5 rings (SSSR count). The van der Waals surface area contributed by atoms with Crippen molar-refractivity contribution in [3.05, 3.63) is 106 Å². The van der Waals surface area contributed by atoms with Crippen LogP contribution in [0, 0.1) is 13.8 Å². The molecule has 3 aromatic carbocycles. The van der Waals surface area contributed by atoms with Crippen LogP contribution in [-0.4, -0.2) is 9.55 Å². The molecule has 1 N–H and O–H groups in total. The van der Waals surface area contributed by atoms with Gasteiger partial charge in [-0.1, -0.05) is 54.6 Å². The summed E-state index contributed by atoms with van der Waals surface area (Å²) in [7, 11) is 1.98. The Morgan fingerprint density at radius 1 is 1.00 bits per heavy atom. The minimum Gasteiger partial charge on any atom is -0.455 e. The number of hydrogen-bond donors (Lipinski definition) is 1. The predicted octanol–water partition coefficient (Wildman–Crippen LogP) is 6.65. The quantitative estimate of drug-likeness (QED) is 0.326. The van der Waals surface area contributed by atoms with Crippen molar-refractivity contribution in [3.63, 3.8) is 0 Å². The number of benzene rings is 3. The molecule has 5 heteroatoms. The molecule has 0 unspecified atom stereocenters. The van der Waals surface area contributed by atoms with Gasteiger partial charge in [-0.05, 0) is 38.5 Å². The molecule has 1 atom stereocenters. The second kappa shape index (κ2) is 8.67. The van der Waals surface area contributed by atoms with Crippen molar-refractivity contribution in [3.8, 4) is 22.6 Å². The van der Waals surface area contributed by atoms with Crippen LogP contribution < -0.4 is 10.7 Å². The Bertz CT molecular complexity index is 1550. The van der Waals surface area contributed by atoms with Crippen molar-refractivity contribution in [1.82, 2.24) is 9.55 Å². The zero-order chi connectivity index (χ0) is 23.8. The number of nitrogens with one attached hydrogen (secondary N) is 1. The SMILES string of the molecule is Cc1cc([C@@H](C)Nc2ccccc2-c2cncn2C)c2oc(-c3ccccc3)c(C)c(=O)c2c1. The van der Waals surface area contributed by atoms with E-state index in [0.717, 1.165) is 33.6 Å². The first-order valence-electron chi connectivity index (χ1n) is 11.4. The number of rotatable bonds is 5. The molecule has 0 amide bonds. The van der Waals surface area contributed by atoms with E-state index in [1.807, 2.05) is 80.2 Å². The summed E-state index contributed by atoms with van der Waals surface area (Å²) in [4.78, 5) is 17.6. The van der Waals surface area contributed by atoms with Crippen LogP contribution in [0.1, 0.15) is 29.7 Å². The molecule has 170 valence electrons. The number of aryl methyl sites for hydroxylation is 2. The summed E-state index contributed by atoms with van der Waals surface area (Å²) >= 11 is 0. The number of aromatic nitrogens is 2. The number of hydrogen-bond acceptors (Lipinski definition) is 4. The Hall–Kier alpha value is -4.12. The molecule has 0 saturated carbocycles. The molecule has 5 aromatic rings. The lowest BCUT2D eigenvalue weighted by Crippen LogP contribution is -2.13. The summed E-state index contributed by atoms with van der Waals surface area (Å²) in [6, 6.07) is 21.9. The Balaban J connectivity index is 1.64. The molecule has 0 saturated heterocycles. The summed E-state index contributed by atoms with van der Waals surface area (Å²) in [5.41, 5.74) is 7.20. The zero-order valence-electron chi connectivity index (χ0n) is 19.8. The molecule has 5 nitrogen and oxygen atoms in total. The Labute approximate surface area is 198 Å². The second-order valence-corrected chi connectivity index (χ2v) is 8.78. The Morgan fingerprint density at radius 3 is 2.47 bits per heavy atom. The number of anilines is 1. The van der Waals surface area contributed by atoms with E-state index in [0.29, 0.717) is 22.3 Å². The van der Waals surface area contributed by atoms with Gasteiger partial charge in [-0.3, -0.25) is 4.79 Å². The maximum Gasteiger partial charge on any atom is 0.196 e. The number of imidazole rings is 1. The molecule has 0 spiro atoms. The van der Waals surface area contributed by atoms with Gasteiger partial charge in [0.25, 0.3) is 0 Å². The van der Waals surface area contributed by atoms with Crippen molar-refractivity contribution >= 4 is 16.7 Å². The van der Waals surface area contributed by atoms with Gasteiger partial charge in [0.05, 0.1) is 29.6 Å². The highest BCUT2D eigenvalue weighted by Crippen LogP contribution is 2.34. The molecular weight excluding hydrogens is 422 g/mol. The lowest BCUT2D eigenvalue weighted by molar-refractivity contribution is 0.605. The van der Waals surface area contributed by atoms with Gasteiger partial charge in [-0.2, -0.15) is 0 Å². The first-order valence-corrected chi connectivity index (χ1v) is 11.4. The number of fused-ring (bicyclic) bond motifs is 1. The maximum absolute atomic E-state index is 13.4. The van der Waals surface area contributed by atoms with E-state index in [1.165, 1.54) is 0 Å². The van der Waals surface area contributed by atoms with Crippen molar-refractivity contribution < 1.29 is 4.42 Å². The van der Waals surface area contributed by atoms with Gasteiger partial charge in [-0.15, -0.1) is 0 Å². The van der Waals surface area contributed by atoms with Crippen LogP contribution >= 0.6 is 0 Å². The average molecular weight is 450 g/mol. The smallest absolute Gasteiger partial charge is 0.196 e. The standard InChI is InChI=1S/C29H27N3O2/c1-18-14-23(20(3)31-25-13-9-8-12-22(25)26-16-30-17-32(26)4)29-24(15-18)27(33)19(2)28(34-29)21-10-6-5-7-11-21/h5-17,20,31H,1-4H3/t20-/m1/s1. The third kappa shape index (κ3) is 3.79. The van der Waals surface area contributed by atoms with Gasteiger partial charge in [0.2, 0.25) is 0 Å². The van der Waals surface area contributed by atoms with E-state index in [4.69, 9.17) is 4.42 Å². The van der Waals surface area contributed by atoms with Crippen LogP contribution in [0.3, 0.4) is 0 Å². The van der Waals surface area contributed by atoms with Crippen LogP contribution in [0.5, 0.6) is 0 Å². The summed E-state index contributed by atoms with van der Waals surface area (Å²) in [6.07, 6.45) is 3.66. The van der Waals surface area contributed by atoms with Gasteiger partial charge < -0.3 is 14.3 Å². The normalized spacial score (nSPS) is 12.1. The molecule has 0 fully saturated rings.